The van der Waals surface area contributed by atoms with Crippen molar-refractivity contribution < 1.29 is 17.9 Å². The largest absolute Gasteiger partial charge is 0.573 e. The van der Waals surface area contributed by atoms with E-state index >= 15 is 0 Å². The average Bonchev–Trinajstić information content (AvgIpc) is 2.58. The molecule has 0 saturated heterocycles. The summed E-state index contributed by atoms with van der Waals surface area (Å²) in [5.74, 6) is 0.254. The minimum absolute atomic E-state index is 0.148. The number of nitrogens with zero attached hydrogens (tertiary/aromatic N) is 2. The van der Waals surface area contributed by atoms with Crippen LogP contribution in [0.4, 0.5) is 13.2 Å². The van der Waals surface area contributed by atoms with Crippen molar-refractivity contribution in [3.63, 3.8) is 0 Å². The van der Waals surface area contributed by atoms with Crippen LogP contribution in [0, 0.1) is 0 Å². The maximum absolute atomic E-state index is 12.4. The monoisotopic (exact) mass is 352 g/mol. The molecule has 0 atom stereocenters. The van der Waals surface area contributed by atoms with Crippen molar-refractivity contribution in [3.05, 3.63) is 59.9 Å². The first-order chi connectivity index (χ1) is 12.0. The molecule has 8 heteroatoms. The topological polar surface area (TPSA) is 58.5 Å². The second-order valence-corrected chi connectivity index (χ2v) is 5.08. The minimum Gasteiger partial charge on any atom is -0.405 e. The number of benzene rings is 1. The van der Waals surface area contributed by atoms with Crippen LogP contribution in [-0.2, 0) is 13.0 Å². The molecular weight excluding hydrogens is 333 g/mol. The van der Waals surface area contributed by atoms with Gasteiger partial charge in [-0.05, 0) is 18.2 Å². The SMILES string of the molecule is CN=C(NCCc1ccccn1)NCc1ccccc1OC(F)(F)F. The van der Waals surface area contributed by atoms with Gasteiger partial charge in [-0.1, -0.05) is 24.3 Å². The van der Waals surface area contributed by atoms with Crippen LogP contribution >= 0.6 is 0 Å². The Bertz CT molecular complexity index is 690. The van der Waals surface area contributed by atoms with Gasteiger partial charge in [0.1, 0.15) is 5.75 Å². The molecular formula is C17H19F3N4O. The van der Waals surface area contributed by atoms with Crippen molar-refractivity contribution in [2.45, 2.75) is 19.3 Å². The zero-order valence-corrected chi connectivity index (χ0v) is 13.7. The van der Waals surface area contributed by atoms with E-state index in [0.29, 0.717) is 24.5 Å². The number of para-hydroxylation sites is 1. The summed E-state index contributed by atoms with van der Waals surface area (Å²) in [4.78, 5) is 8.27. The zero-order valence-electron chi connectivity index (χ0n) is 13.7. The molecule has 0 aliphatic rings. The summed E-state index contributed by atoms with van der Waals surface area (Å²) >= 11 is 0. The normalized spacial score (nSPS) is 11.9. The van der Waals surface area contributed by atoms with E-state index < -0.39 is 6.36 Å². The summed E-state index contributed by atoms with van der Waals surface area (Å²) in [5, 5.41) is 6.06. The van der Waals surface area contributed by atoms with Gasteiger partial charge in [0.05, 0.1) is 0 Å². The van der Waals surface area contributed by atoms with Crippen molar-refractivity contribution in [1.29, 1.82) is 0 Å². The Hall–Kier alpha value is -2.77. The maximum atomic E-state index is 12.4. The van der Waals surface area contributed by atoms with Crippen LogP contribution < -0.4 is 15.4 Å². The van der Waals surface area contributed by atoms with E-state index in [1.807, 2.05) is 18.2 Å². The molecule has 2 rings (SSSR count). The number of alkyl halides is 3. The Labute approximate surface area is 144 Å². The van der Waals surface area contributed by atoms with Crippen molar-refractivity contribution >= 4 is 5.96 Å². The van der Waals surface area contributed by atoms with Crippen LogP contribution in [0.5, 0.6) is 5.75 Å². The van der Waals surface area contributed by atoms with Gasteiger partial charge in [-0.15, -0.1) is 13.2 Å². The fraction of sp³-hybridized carbons (Fsp3) is 0.294. The molecule has 1 aromatic heterocycles. The number of guanidine groups is 1. The lowest BCUT2D eigenvalue weighted by Crippen LogP contribution is -2.38. The third-order valence-electron chi connectivity index (χ3n) is 3.27. The van der Waals surface area contributed by atoms with Crippen molar-refractivity contribution in [2.24, 2.45) is 4.99 Å². The van der Waals surface area contributed by atoms with E-state index in [2.05, 4.69) is 25.3 Å². The lowest BCUT2D eigenvalue weighted by Gasteiger charge is -2.15. The molecule has 0 spiro atoms. The summed E-state index contributed by atoms with van der Waals surface area (Å²) in [5.41, 5.74) is 1.32. The first-order valence-electron chi connectivity index (χ1n) is 7.66. The van der Waals surface area contributed by atoms with Crippen LogP contribution in [0.3, 0.4) is 0 Å². The fourth-order valence-electron chi connectivity index (χ4n) is 2.13. The molecule has 0 radical (unpaired) electrons. The molecule has 2 N–H and O–H groups in total. The van der Waals surface area contributed by atoms with E-state index in [4.69, 9.17) is 0 Å². The molecule has 0 amide bonds. The summed E-state index contributed by atoms with van der Waals surface area (Å²) in [7, 11) is 1.59. The zero-order chi connectivity index (χ0) is 18.1. The summed E-state index contributed by atoms with van der Waals surface area (Å²) in [6.45, 7) is 0.743. The van der Waals surface area contributed by atoms with E-state index in [-0.39, 0.29) is 12.3 Å². The van der Waals surface area contributed by atoms with E-state index in [0.717, 1.165) is 5.69 Å². The number of nitrogens with one attached hydrogen (secondary N) is 2. The van der Waals surface area contributed by atoms with Gasteiger partial charge in [0.15, 0.2) is 5.96 Å². The molecule has 134 valence electrons. The van der Waals surface area contributed by atoms with Gasteiger partial charge in [-0.25, -0.2) is 0 Å². The second-order valence-electron chi connectivity index (χ2n) is 5.08. The highest BCUT2D eigenvalue weighted by atomic mass is 19.4. The Kier molecular flexibility index (Phi) is 6.62. The van der Waals surface area contributed by atoms with Gasteiger partial charge in [0, 0.05) is 44.0 Å². The van der Waals surface area contributed by atoms with Gasteiger partial charge in [-0.3, -0.25) is 9.98 Å². The molecule has 5 nitrogen and oxygen atoms in total. The number of hydrogen-bond donors (Lipinski definition) is 2. The predicted molar refractivity (Wildman–Crippen MR) is 89.3 cm³/mol. The van der Waals surface area contributed by atoms with Crippen molar-refractivity contribution in [1.82, 2.24) is 15.6 Å². The molecule has 0 fully saturated rings. The lowest BCUT2D eigenvalue weighted by molar-refractivity contribution is -0.274. The number of hydrogen-bond acceptors (Lipinski definition) is 3. The standard InChI is InChI=1S/C17H19F3N4O/c1-21-16(23-11-9-14-7-4-5-10-22-14)24-12-13-6-2-3-8-15(13)25-17(18,19)20/h2-8,10H,9,11-12H2,1H3,(H2,21,23,24). The van der Waals surface area contributed by atoms with Gasteiger partial charge in [0.25, 0.3) is 0 Å². The molecule has 0 saturated carbocycles. The molecule has 0 bridgehead atoms. The highest BCUT2D eigenvalue weighted by Crippen LogP contribution is 2.25. The Morgan fingerprint density at radius 1 is 1.12 bits per heavy atom. The van der Waals surface area contributed by atoms with Crippen LogP contribution in [0.15, 0.2) is 53.7 Å². The van der Waals surface area contributed by atoms with E-state index in [9.17, 15) is 13.2 Å². The highest BCUT2D eigenvalue weighted by molar-refractivity contribution is 5.79. The molecule has 0 aliphatic heterocycles. The van der Waals surface area contributed by atoms with Gasteiger partial charge in [-0.2, -0.15) is 0 Å². The first-order valence-corrected chi connectivity index (χ1v) is 7.66. The minimum atomic E-state index is -4.72. The Balaban J connectivity index is 1.86. The van der Waals surface area contributed by atoms with Crippen LogP contribution in [0.25, 0.3) is 0 Å². The van der Waals surface area contributed by atoms with Gasteiger partial charge >= 0.3 is 6.36 Å². The van der Waals surface area contributed by atoms with Gasteiger partial charge in [0.2, 0.25) is 0 Å². The van der Waals surface area contributed by atoms with Crippen LogP contribution in [0.1, 0.15) is 11.3 Å². The number of aromatic nitrogens is 1. The Morgan fingerprint density at radius 2 is 1.88 bits per heavy atom. The van der Waals surface area contributed by atoms with Crippen LogP contribution in [-0.4, -0.2) is 30.9 Å². The predicted octanol–water partition coefficient (Wildman–Crippen LogP) is 2.89. The van der Waals surface area contributed by atoms with Crippen molar-refractivity contribution in [2.75, 3.05) is 13.6 Å². The summed E-state index contributed by atoms with van der Waals surface area (Å²) in [6.07, 6.45) is -2.30. The molecule has 1 aromatic carbocycles. The smallest absolute Gasteiger partial charge is 0.405 e. The summed E-state index contributed by atoms with van der Waals surface area (Å²) < 4.78 is 41.3. The average molecular weight is 352 g/mol. The first kappa shape index (κ1) is 18.6. The van der Waals surface area contributed by atoms with E-state index in [1.54, 1.807) is 25.4 Å². The summed E-state index contributed by atoms with van der Waals surface area (Å²) in [6, 6.07) is 11.7. The number of pyridine rings is 1. The van der Waals surface area contributed by atoms with Crippen molar-refractivity contribution in [3.8, 4) is 5.75 Å². The molecule has 0 unspecified atom stereocenters. The van der Waals surface area contributed by atoms with Gasteiger partial charge < -0.3 is 15.4 Å². The molecule has 0 aliphatic carbocycles. The van der Waals surface area contributed by atoms with Crippen LogP contribution in [0.2, 0.25) is 0 Å². The fourth-order valence-corrected chi connectivity index (χ4v) is 2.13. The number of halogens is 3. The molecule has 25 heavy (non-hydrogen) atoms. The maximum Gasteiger partial charge on any atom is 0.573 e. The Morgan fingerprint density at radius 3 is 2.56 bits per heavy atom. The highest BCUT2D eigenvalue weighted by Gasteiger charge is 2.31. The third-order valence-corrected chi connectivity index (χ3v) is 3.27. The lowest BCUT2D eigenvalue weighted by atomic mass is 10.2. The number of aliphatic imine (C=N–C) groups is 1. The number of ether oxygens (including phenoxy) is 1. The second kappa shape index (κ2) is 8.91. The third kappa shape index (κ3) is 6.70. The molecule has 2 aromatic rings. The number of rotatable bonds is 6. The van der Waals surface area contributed by atoms with E-state index in [1.165, 1.54) is 12.1 Å². The molecule has 1 heterocycles. The quantitative estimate of drug-likeness (QED) is 0.620.